The van der Waals surface area contributed by atoms with E-state index in [0.29, 0.717) is 30.1 Å². The molecule has 0 bridgehead atoms. The van der Waals surface area contributed by atoms with Crippen molar-refractivity contribution >= 4 is 11.9 Å². The summed E-state index contributed by atoms with van der Waals surface area (Å²) in [5.74, 6) is 0.0112. The zero-order valence-electron chi connectivity index (χ0n) is 14.3. The Morgan fingerprint density at radius 2 is 2.00 bits per heavy atom. The first-order valence-electron chi connectivity index (χ1n) is 8.23. The highest BCUT2D eigenvalue weighted by atomic mass is 16.5. The number of methoxy groups -OCH3 is 1. The van der Waals surface area contributed by atoms with Crippen LogP contribution in [-0.2, 0) is 9.53 Å². The van der Waals surface area contributed by atoms with Crippen molar-refractivity contribution < 1.29 is 18.7 Å². The predicted octanol–water partition coefficient (Wildman–Crippen LogP) is 2.82. The molecule has 0 aliphatic heterocycles. The van der Waals surface area contributed by atoms with E-state index in [1.807, 2.05) is 30.3 Å². The second kappa shape index (κ2) is 8.15. The minimum absolute atomic E-state index is 0.256. The lowest BCUT2D eigenvalue weighted by molar-refractivity contribution is -0.140. The van der Waals surface area contributed by atoms with Crippen molar-refractivity contribution in [1.29, 1.82) is 0 Å². The predicted molar refractivity (Wildman–Crippen MR) is 94.8 cm³/mol. The van der Waals surface area contributed by atoms with Crippen molar-refractivity contribution in [2.45, 2.75) is 12.8 Å². The van der Waals surface area contributed by atoms with Gasteiger partial charge < -0.3 is 14.5 Å². The van der Waals surface area contributed by atoms with Gasteiger partial charge in [-0.15, -0.1) is 0 Å². The standard InChI is InChI=1S/C19H19N3O4/c1-25-18(23)10-5-11-20-19(24)16-13-15(17-9-6-12-26-17)21-22(16)14-7-3-2-4-8-14/h2-4,6-9,12-13H,5,10-11H2,1H3,(H,20,24). The number of hydrogen-bond donors (Lipinski definition) is 1. The number of hydrogen-bond acceptors (Lipinski definition) is 5. The van der Waals surface area contributed by atoms with E-state index in [9.17, 15) is 9.59 Å². The summed E-state index contributed by atoms with van der Waals surface area (Å²) >= 11 is 0. The molecule has 0 fully saturated rings. The highest BCUT2D eigenvalue weighted by Crippen LogP contribution is 2.22. The van der Waals surface area contributed by atoms with Crippen LogP contribution in [-0.4, -0.2) is 35.3 Å². The van der Waals surface area contributed by atoms with E-state index in [4.69, 9.17) is 4.42 Å². The Labute approximate surface area is 150 Å². The van der Waals surface area contributed by atoms with Crippen LogP contribution in [0.15, 0.2) is 59.2 Å². The third-order valence-corrected chi connectivity index (χ3v) is 3.79. The van der Waals surface area contributed by atoms with Crippen LogP contribution in [0, 0.1) is 0 Å². The summed E-state index contributed by atoms with van der Waals surface area (Å²) in [5.41, 5.74) is 1.73. The molecule has 7 nitrogen and oxygen atoms in total. The fourth-order valence-electron chi connectivity index (χ4n) is 2.48. The maximum Gasteiger partial charge on any atom is 0.305 e. The van der Waals surface area contributed by atoms with Crippen molar-refractivity contribution in [3.8, 4) is 17.1 Å². The Balaban J connectivity index is 1.80. The molecule has 0 saturated carbocycles. The molecule has 0 saturated heterocycles. The summed E-state index contributed by atoms with van der Waals surface area (Å²) in [6.45, 7) is 0.365. The molecule has 1 amide bonds. The summed E-state index contributed by atoms with van der Waals surface area (Å²) < 4.78 is 11.5. The van der Waals surface area contributed by atoms with Gasteiger partial charge in [-0.05, 0) is 30.7 Å². The van der Waals surface area contributed by atoms with Crippen molar-refractivity contribution in [2.75, 3.05) is 13.7 Å². The molecule has 0 radical (unpaired) electrons. The molecule has 3 aromatic rings. The molecule has 134 valence electrons. The first-order chi connectivity index (χ1) is 12.7. The molecule has 0 aliphatic rings. The number of rotatable bonds is 7. The Morgan fingerprint density at radius 3 is 2.69 bits per heavy atom. The van der Waals surface area contributed by atoms with E-state index >= 15 is 0 Å². The summed E-state index contributed by atoms with van der Waals surface area (Å²) in [5, 5.41) is 7.31. The van der Waals surface area contributed by atoms with E-state index in [2.05, 4.69) is 15.2 Å². The van der Waals surface area contributed by atoms with Crippen LogP contribution in [0.3, 0.4) is 0 Å². The van der Waals surface area contributed by atoms with E-state index in [0.717, 1.165) is 5.69 Å². The van der Waals surface area contributed by atoms with Crippen LogP contribution in [0.2, 0.25) is 0 Å². The number of aromatic nitrogens is 2. The number of amides is 1. The van der Waals surface area contributed by atoms with Gasteiger partial charge in [-0.25, -0.2) is 4.68 Å². The second-order valence-corrected chi connectivity index (χ2v) is 5.58. The number of ether oxygens (including phenoxy) is 1. The summed E-state index contributed by atoms with van der Waals surface area (Å²) in [6.07, 6.45) is 2.32. The average molecular weight is 353 g/mol. The third kappa shape index (κ3) is 4.00. The zero-order chi connectivity index (χ0) is 18.4. The maximum absolute atomic E-state index is 12.6. The molecule has 2 heterocycles. The van der Waals surface area contributed by atoms with Crippen molar-refractivity contribution in [1.82, 2.24) is 15.1 Å². The number of carbonyl (C=O) groups excluding carboxylic acids is 2. The number of carbonyl (C=O) groups is 2. The maximum atomic E-state index is 12.6. The molecule has 3 rings (SSSR count). The molecule has 1 N–H and O–H groups in total. The SMILES string of the molecule is COC(=O)CCCNC(=O)c1cc(-c2ccco2)nn1-c1ccccc1. The van der Waals surface area contributed by atoms with Gasteiger partial charge in [-0.2, -0.15) is 5.10 Å². The lowest BCUT2D eigenvalue weighted by Gasteiger charge is -2.08. The van der Waals surface area contributed by atoms with Gasteiger partial charge in [0.2, 0.25) is 0 Å². The Morgan fingerprint density at radius 1 is 1.19 bits per heavy atom. The molecule has 26 heavy (non-hydrogen) atoms. The molecular formula is C19H19N3O4. The molecule has 0 aliphatic carbocycles. The number of esters is 1. The summed E-state index contributed by atoms with van der Waals surface area (Å²) in [7, 11) is 1.34. The van der Waals surface area contributed by atoms with Gasteiger partial charge in [0.05, 0.1) is 19.1 Å². The first-order valence-corrected chi connectivity index (χ1v) is 8.23. The van der Waals surface area contributed by atoms with E-state index < -0.39 is 0 Å². The van der Waals surface area contributed by atoms with E-state index in [1.54, 1.807) is 29.1 Å². The number of para-hydroxylation sites is 1. The van der Waals surface area contributed by atoms with Crippen molar-refractivity contribution in [3.05, 3.63) is 60.5 Å². The fraction of sp³-hybridized carbons (Fsp3) is 0.211. The number of nitrogens with one attached hydrogen (secondary N) is 1. The molecule has 2 aromatic heterocycles. The van der Waals surface area contributed by atoms with Gasteiger partial charge in [-0.1, -0.05) is 18.2 Å². The van der Waals surface area contributed by atoms with E-state index in [1.165, 1.54) is 7.11 Å². The minimum atomic E-state index is -0.298. The highest BCUT2D eigenvalue weighted by molar-refractivity contribution is 5.94. The molecule has 7 heteroatoms. The fourth-order valence-corrected chi connectivity index (χ4v) is 2.48. The number of nitrogens with zero attached hydrogens (tertiary/aromatic N) is 2. The van der Waals surface area contributed by atoms with Gasteiger partial charge >= 0.3 is 5.97 Å². The molecule has 0 spiro atoms. The van der Waals surface area contributed by atoms with Crippen molar-refractivity contribution in [3.63, 3.8) is 0 Å². The van der Waals surface area contributed by atoms with Crippen molar-refractivity contribution in [2.24, 2.45) is 0 Å². The van der Waals surface area contributed by atoms with Crippen LogP contribution in [0.5, 0.6) is 0 Å². The normalized spacial score (nSPS) is 10.5. The molecule has 1 aromatic carbocycles. The van der Waals surface area contributed by atoms with Crippen LogP contribution in [0.4, 0.5) is 0 Å². The van der Waals surface area contributed by atoms with E-state index in [-0.39, 0.29) is 18.3 Å². The summed E-state index contributed by atoms with van der Waals surface area (Å²) in [6, 6.07) is 14.6. The van der Waals surface area contributed by atoms with Crippen LogP contribution in [0.25, 0.3) is 17.1 Å². The monoisotopic (exact) mass is 353 g/mol. The number of furan rings is 1. The first kappa shape index (κ1) is 17.5. The lowest BCUT2D eigenvalue weighted by atomic mass is 10.2. The average Bonchev–Trinajstić information content (AvgIpc) is 3.35. The topological polar surface area (TPSA) is 86.4 Å². The van der Waals surface area contributed by atoms with Gasteiger partial charge in [0.15, 0.2) is 5.76 Å². The Hall–Kier alpha value is -3.35. The quantitative estimate of drug-likeness (QED) is 0.521. The van der Waals surface area contributed by atoms with Gasteiger partial charge in [0.1, 0.15) is 11.4 Å². The third-order valence-electron chi connectivity index (χ3n) is 3.79. The Bertz CT molecular complexity index is 870. The molecular weight excluding hydrogens is 334 g/mol. The summed E-state index contributed by atoms with van der Waals surface area (Å²) in [4.78, 5) is 23.8. The Kier molecular flexibility index (Phi) is 5.48. The van der Waals surface area contributed by atoms with Gasteiger partial charge in [-0.3, -0.25) is 9.59 Å². The van der Waals surface area contributed by atoms with Crippen LogP contribution >= 0.6 is 0 Å². The minimum Gasteiger partial charge on any atom is -0.469 e. The zero-order valence-corrected chi connectivity index (χ0v) is 14.3. The molecule has 0 atom stereocenters. The van der Waals surface area contributed by atoms with Crippen LogP contribution in [0.1, 0.15) is 23.3 Å². The smallest absolute Gasteiger partial charge is 0.305 e. The van der Waals surface area contributed by atoms with Crippen LogP contribution < -0.4 is 5.32 Å². The second-order valence-electron chi connectivity index (χ2n) is 5.58. The molecule has 0 unspecified atom stereocenters. The van der Waals surface area contributed by atoms with Gasteiger partial charge in [0.25, 0.3) is 5.91 Å². The lowest BCUT2D eigenvalue weighted by Crippen LogP contribution is -2.27. The largest absolute Gasteiger partial charge is 0.469 e. The number of benzene rings is 1. The van der Waals surface area contributed by atoms with Gasteiger partial charge in [0, 0.05) is 19.0 Å². The highest BCUT2D eigenvalue weighted by Gasteiger charge is 2.18.